The number of amides is 1. The van der Waals surface area contributed by atoms with Gasteiger partial charge in [0, 0.05) is 0 Å². The molecule has 0 atom stereocenters. The van der Waals surface area contributed by atoms with Crippen molar-refractivity contribution >= 4 is 23.5 Å². The van der Waals surface area contributed by atoms with Gasteiger partial charge < -0.3 is 4.84 Å². The molecule has 14 heavy (non-hydrogen) atoms. The molecule has 5 heteroatoms. The van der Waals surface area contributed by atoms with Crippen molar-refractivity contribution in [3.8, 4) is 0 Å². The van der Waals surface area contributed by atoms with Crippen molar-refractivity contribution in [3.05, 3.63) is 35.9 Å². The van der Waals surface area contributed by atoms with Crippen molar-refractivity contribution in [3.63, 3.8) is 0 Å². The van der Waals surface area contributed by atoms with Crippen molar-refractivity contribution in [1.82, 2.24) is 5.48 Å². The lowest BCUT2D eigenvalue weighted by atomic mass is 10.2. The summed E-state index contributed by atoms with van der Waals surface area (Å²) in [5.41, 5.74) is 2.27. The molecule has 1 aromatic rings. The van der Waals surface area contributed by atoms with Crippen LogP contribution in [0.25, 0.3) is 0 Å². The maximum Gasteiger partial charge on any atom is 0.362 e. The Bertz CT molecular complexity index is 326. The van der Waals surface area contributed by atoms with E-state index in [0.29, 0.717) is 5.56 Å². The zero-order chi connectivity index (χ0) is 10.4. The third-order valence-corrected chi connectivity index (χ3v) is 1.63. The quantitative estimate of drug-likeness (QED) is 0.592. The molecule has 1 rings (SSSR count). The molecule has 1 N–H and O–H groups in total. The van der Waals surface area contributed by atoms with Crippen molar-refractivity contribution in [2.24, 2.45) is 0 Å². The molecule has 74 valence electrons. The minimum absolute atomic E-state index is 0.248. The summed E-state index contributed by atoms with van der Waals surface area (Å²) < 4.78 is 0. The highest BCUT2D eigenvalue weighted by atomic mass is 35.5. The van der Waals surface area contributed by atoms with Crippen LogP contribution in [0, 0.1) is 0 Å². The number of carbonyl (C=O) groups excluding carboxylic acids is 2. The highest BCUT2D eigenvalue weighted by Crippen LogP contribution is 1.99. The molecule has 0 aliphatic rings. The van der Waals surface area contributed by atoms with Gasteiger partial charge in [-0.2, -0.15) is 5.48 Å². The number of hydrogen-bond donors (Lipinski definition) is 1. The van der Waals surface area contributed by atoms with E-state index in [1.54, 1.807) is 30.3 Å². The predicted octanol–water partition coefficient (Wildman–Crippen LogP) is 1.11. The standard InChI is InChI=1S/C9H8ClNO3/c10-6-8(12)11-14-9(13)7-4-2-1-3-5-7/h1-5H,6H2,(H,11,12). The van der Waals surface area contributed by atoms with E-state index in [1.165, 1.54) is 0 Å². The van der Waals surface area contributed by atoms with E-state index in [2.05, 4.69) is 4.84 Å². The van der Waals surface area contributed by atoms with Gasteiger partial charge in [-0.25, -0.2) is 4.79 Å². The van der Waals surface area contributed by atoms with Gasteiger partial charge in [-0.3, -0.25) is 4.79 Å². The van der Waals surface area contributed by atoms with Gasteiger partial charge in [0.2, 0.25) is 0 Å². The van der Waals surface area contributed by atoms with Gasteiger partial charge in [-0.1, -0.05) is 18.2 Å². The van der Waals surface area contributed by atoms with Crippen LogP contribution in [0.1, 0.15) is 10.4 Å². The highest BCUT2D eigenvalue weighted by molar-refractivity contribution is 6.27. The van der Waals surface area contributed by atoms with E-state index in [4.69, 9.17) is 11.6 Å². The Labute approximate surface area is 85.8 Å². The van der Waals surface area contributed by atoms with Crippen LogP contribution in [0.3, 0.4) is 0 Å². The van der Waals surface area contributed by atoms with Crippen molar-refractivity contribution in [1.29, 1.82) is 0 Å². The summed E-state index contributed by atoms with van der Waals surface area (Å²) in [6.07, 6.45) is 0. The SMILES string of the molecule is O=C(CCl)NOC(=O)c1ccccc1. The molecular formula is C9H8ClNO3. The van der Waals surface area contributed by atoms with Gasteiger partial charge >= 0.3 is 5.97 Å². The summed E-state index contributed by atoms with van der Waals surface area (Å²) in [7, 11) is 0. The molecule has 0 radical (unpaired) electrons. The minimum Gasteiger partial charge on any atom is -0.335 e. The smallest absolute Gasteiger partial charge is 0.335 e. The first-order valence-electron chi connectivity index (χ1n) is 3.85. The van der Waals surface area contributed by atoms with Crippen molar-refractivity contribution in [2.75, 3.05) is 5.88 Å². The number of rotatable bonds is 2. The summed E-state index contributed by atoms with van der Waals surface area (Å²) in [6, 6.07) is 8.32. The van der Waals surface area contributed by atoms with Crippen LogP contribution >= 0.6 is 11.6 Å². The molecule has 0 heterocycles. The fourth-order valence-electron chi connectivity index (χ4n) is 0.764. The molecule has 1 amide bonds. The van der Waals surface area contributed by atoms with Gasteiger partial charge in [0.25, 0.3) is 5.91 Å². The summed E-state index contributed by atoms with van der Waals surface area (Å²) in [6.45, 7) is 0. The monoisotopic (exact) mass is 213 g/mol. The Kier molecular flexibility index (Phi) is 3.94. The van der Waals surface area contributed by atoms with Crippen molar-refractivity contribution < 1.29 is 14.4 Å². The van der Waals surface area contributed by atoms with Gasteiger partial charge in [0.05, 0.1) is 5.56 Å². The first-order chi connectivity index (χ1) is 6.74. The minimum atomic E-state index is -0.621. The van der Waals surface area contributed by atoms with E-state index < -0.39 is 11.9 Å². The lowest BCUT2D eigenvalue weighted by Gasteiger charge is -2.02. The second-order valence-electron chi connectivity index (χ2n) is 2.41. The fourth-order valence-corrected chi connectivity index (χ4v) is 0.818. The molecule has 4 nitrogen and oxygen atoms in total. The molecule has 1 aromatic carbocycles. The average Bonchev–Trinajstić information content (AvgIpc) is 2.26. The molecule has 0 bridgehead atoms. The average molecular weight is 214 g/mol. The van der Waals surface area contributed by atoms with Crippen LogP contribution in [0.2, 0.25) is 0 Å². The molecule has 0 saturated heterocycles. The highest BCUT2D eigenvalue weighted by Gasteiger charge is 2.07. The number of carbonyl (C=O) groups is 2. The molecular weight excluding hydrogens is 206 g/mol. The second-order valence-corrected chi connectivity index (χ2v) is 2.68. The lowest BCUT2D eigenvalue weighted by molar-refractivity contribution is -0.127. The Morgan fingerprint density at radius 3 is 2.50 bits per heavy atom. The molecule has 0 spiro atoms. The topological polar surface area (TPSA) is 55.4 Å². The lowest BCUT2D eigenvalue weighted by Crippen LogP contribution is -2.27. The van der Waals surface area contributed by atoms with Crippen LogP contribution in [0.15, 0.2) is 30.3 Å². The Hall–Kier alpha value is -1.55. The predicted molar refractivity (Wildman–Crippen MR) is 50.7 cm³/mol. The third-order valence-electron chi connectivity index (χ3n) is 1.39. The third kappa shape index (κ3) is 3.06. The van der Waals surface area contributed by atoms with Gasteiger partial charge in [0.15, 0.2) is 0 Å². The van der Waals surface area contributed by atoms with Gasteiger partial charge in [-0.05, 0) is 12.1 Å². The Morgan fingerprint density at radius 1 is 1.29 bits per heavy atom. The largest absolute Gasteiger partial charge is 0.362 e. The van der Waals surface area contributed by atoms with E-state index in [-0.39, 0.29) is 5.88 Å². The zero-order valence-corrected chi connectivity index (χ0v) is 7.95. The van der Waals surface area contributed by atoms with Crippen LogP contribution in [0.5, 0.6) is 0 Å². The molecule has 0 aliphatic carbocycles. The van der Waals surface area contributed by atoms with E-state index >= 15 is 0 Å². The molecule has 0 aromatic heterocycles. The van der Waals surface area contributed by atoms with E-state index in [0.717, 1.165) is 0 Å². The second kappa shape index (κ2) is 5.24. The normalized spacial score (nSPS) is 9.21. The fraction of sp³-hybridized carbons (Fsp3) is 0.111. The summed E-state index contributed by atoms with van der Waals surface area (Å²) in [4.78, 5) is 26.3. The zero-order valence-electron chi connectivity index (χ0n) is 7.20. The number of hydroxylamine groups is 1. The molecule has 0 fully saturated rings. The Balaban J connectivity index is 2.48. The Morgan fingerprint density at radius 2 is 1.93 bits per heavy atom. The van der Waals surface area contributed by atoms with Crippen LogP contribution in [0.4, 0.5) is 0 Å². The maximum absolute atomic E-state index is 11.2. The number of nitrogens with one attached hydrogen (secondary N) is 1. The number of benzene rings is 1. The molecule has 0 aliphatic heterocycles. The summed E-state index contributed by atoms with van der Waals surface area (Å²) in [5, 5.41) is 0. The van der Waals surface area contributed by atoms with Crippen LogP contribution in [-0.2, 0) is 9.63 Å². The number of hydrogen-bond acceptors (Lipinski definition) is 3. The van der Waals surface area contributed by atoms with E-state index in [1.807, 2.05) is 5.48 Å². The van der Waals surface area contributed by atoms with Gasteiger partial charge in [-0.15, -0.1) is 11.6 Å². The van der Waals surface area contributed by atoms with E-state index in [9.17, 15) is 9.59 Å². The van der Waals surface area contributed by atoms with Crippen molar-refractivity contribution in [2.45, 2.75) is 0 Å². The number of halogens is 1. The molecule has 0 saturated carbocycles. The first-order valence-corrected chi connectivity index (χ1v) is 4.38. The first kappa shape index (κ1) is 10.5. The van der Waals surface area contributed by atoms with Crippen LogP contribution in [-0.4, -0.2) is 17.8 Å². The molecule has 0 unspecified atom stereocenters. The maximum atomic E-state index is 11.2. The summed E-state index contributed by atoms with van der Waals surface area (Å²) in [5.74, 6) is -1.43. The number of alkyl halides is 1. The van der Waals surface area contributed by atoms with Crippen LogP contribution < -0.4 is 5.48 Å². The van der Waals surface area contributed by atoms with Gasteiger partial charge in [0.1, 0.15) is 5.88 Å². The summed E-state index contributed by atoms with van der Waals surface area (Å²) >= 11 is 5.18.